The van der Waals surface area contributed by atoms with Gasteiger partial charge in [-0.15, -0.1) is 0 Å². The second-order valence-electron chi connectivity index (χ2n) is 8.09. The van der Waals surface area contributed by atoms with Gasteiger partial charge in [0.25, 0.3) is 5.91 Å². The summed E-state index contributed by atoms with van der Waals surface area (Å²) in [5.41, 5.74) is 4.07. The fourth-order valence-corrected chi connectivity index (χ4v) is 5.50. The summed E-state index contributed by atoms with van der Waals surface area (Å²) in [6, 6.07) is 10.9. The van der Waals surface area contributed by atoms with E-state index in [0.717, 1.165) is 27.6 Å². The molecule has 0 spiro atoms. The van der Waals surface area contributed by atoms with Gasteiger partial charge in [-0.2, -0.15) is 0 Å². The van der Waals surface area contributed by atoms with Gasteiger partial charge in [0.05, 0.1) is 36.2 Å². The Hall–Kier alpha value is -3.17. The third-order valence-electron chi connectivity index (χ3n) is 5.92. The number of amides is 1. The van der Waals surface area contributed by atoms with Crippen LogP contribution in [0.3, 0.4) is 0 Å². The number of rotatable bonds is 3. The van der Waals surface area contributed by atoms with Crippen molar-refractivity contribution in [2.24, 2.45) is 0 Å². The molecule has 1 amide bonds. The van der Waals surface area contributed by atoms with Crippen molar-refractivity contribution in [3.05, 3.63) is 53.4 Å². The number of aryl methyl sites for hydroxylation is 2. The first-order chi connectivity index (χ1) is 15.3. The van der Waals surface area contributed by atoms with Crippen LogP contribution in [0, 0.1) is 13.8 Å². The molecular formula is C23H23N3O5S. The SMILES string of the molecule is Cc1noc(C)c1-c1ccc2c(c1)c1ccc(C(=O)N3CCOCC3)cc1n2S(C)(=O)=O. The highest BCUT2D eigenvalue weighted by molar-refractivity contribution is 7.89. The lowest BCUT2D eigenvalue weighted by atomic mass is 10.0. The summed E-state index contributed by atoms with van der Waals surface area (Å²) >= 11 is 0. The lowest BCUT2D eigenvalue weighted by molar-refractivity contribution is 0.0303. The molecule has 0 atom stereocenters. The van der Waals surface area contributed by atoms with Crippen LogP contribution in [0.25, 0.3) is 32.9 Å². The number of hydrogen-bond donors (Lipinski definition) is 0. The molecule has 1 aliphatic heterocycles. The van der Waals surface area contributed by atoms with E-state index < -0.39 is 10.0 Å². The number of ether oxygens (including phenoxy) is 1. The first-order valence-corrected chi connectivity index (χ1v) is 12.2. The molecule has 5 rings (SSSR count). The van der Waals surface area contributed by atoms with Crippen molar-refractivity contribution in [2.75, 3.05) is 32.6 Å². The molecule has 0 radical (unpaired) electrons. The smallest absolute Gasteiger partial charge is 0.254 e. The van der Waals surface area contributed by atoms with Crippen LogP contribution in [0.15, 0.2) is 40.9 Å². The summed E-state index contributed by atoms with van der Waals surface area (Å²) in [7, 11) is -3.62. The molecule has 0 aliphatic carbocycles. The average Bonchev–Trinajstić information content (AvgIpc) is 3.29. The summed E-state index contributed by atoms with van der Waals surface area (Å²) in [6.45, 7) is 5.77. The summed E-state index contributed by atoms with van der Waals surface area (Å²) in [5.74, 6) is 0.573. The van der Waals surface area contributed by atoms with E-state index in [2.05, 4.69) is 5.16 Å². The van der Waals surface area contributed by atoms with Crippen LogP contribution in [0.4, 0.5) is 0 Å². The molecule has 8 nitrogen and oxygen atoms in total. The number of hydrogen-bond acceptors (Lipinski definition) is 6. The van der Waals surface area contributed by atoms with Crippen LogP contribution >= 0.6 is 0 Å². The number of carbonyl (C=O) groups excluding carboxylic acids is 1. The van der Waals surface area contributed by atoms with Gasteiger partial charge in [-0.25, -0.2) is 12.4 Å². The highest BCUT2D eigenvalue weighted by Gasteiger charge is 2.23. The average molecular weight is 454 g/mol. The van der Waals surface area contributed by atoms with E-state index in [4.69, 9.17) is 9.26 Å². The van der Waals surface area contributed by atoms with E-state index in [1.165, 1.54) is 10.2 Å². The quantitative estimate of drug-likeness (QED) is 0.472. The van der Waals surface area contributed by atoms with Crippen LogP contribution in [0.1, 0.15) is 21.8 Å². The minimum atomic E-state index is -3.62. The maximum absolute atomic E-state index is 13.0. The van der Waals surface area contributed by atoms with E-state index >= 15 is 0 Å². The summed E-state index contributed by atoms with van der Waals surface area (Å²) in [4.78, 5) is 14.7. The van der Waals surface area contributed by atoms with Crippen molar-refractivity contribution in [1.29, 1.82) is 0 Å². The fourth-order valence-electron chi connectivity index (χ4n) is 4.48. The van der Waals surface area contributed by atoms with Gasteiger partial charge in [-0.3, -0.25) is 4.79 Å². The zero-order valence-corrected chi connectivity index (χ0v) is 18.9. The van der Waals surface area contributed by atoms with Crippen LogP contribution in [0.5, 0.6) is 0 Å². The molecule has 0 unspecified atom stereocenters. The van der Waals surface area contributed by atoms with Gasteiger partial charge >= 0.3 is 0 Å². The largest absolute Gasteiger partial charge is 0.378 e. The van der Waals surface area contributed by atoms with E-state index in [-0.39, 0.29) is 5.91 Å². The number of nitrogens with zero attached hydrogens (tertiary/aromatic N) is 3. The second kappa shape index (κ2) is 7.46. The number of morpholine rings is 1. The summed E-state index contributed by atoms with van der Waals surface area (Å²) in [6.07, 6.45) is 1.17. The predicted octanol–water partition coefficient (Wildman–Crippen LogP) is 3.35. The standard InChI is InChI=1S/C23H23N3O5S/c1-14-22(15(2)31-24-14)16-5-7-20-19(12-16)18-6-4-17(13-21(18)26(20)32(3,28)29)23(27)25-8-10-30-11-9-25/h4-7,12-13H,8-11H2,1-3H3. The van der Waals surface area contributed by atoms with Crippen molar-refractivity contribution in [1.82, 2.24) is 14.0 Å². The highest BCUT2D eigenvalue weighted by atomic mass is 32.2. The Labute approximate surface area is 185 Å². The molecule has 2 aromatic carbocycles. The minimum Gasteiger partial charge on any atom is -0.378 e. The normalized spacial score (nSPS) is 15.0. The van der Waals surface area contributed by atoms with Crippen LogP contribution in [-0.2, 0) is 14.8 Å². The minimum absolute atomic E-state index is 0.128. The van der Waals surface area contributed by atoms with Gasteiger partial charge < -0.3 is 14.2 Å². The van der Waals surface area contributed by atoms with Gasteiger partial charge in [-0.05, 0) is 43.7 Å². The Morgan fingerprint density at radius 1 is 1.00 bits per heavy atom. The van der Waals surface area contributed by atoms with E-state index in [1.54, 1.807) is 23.1 Å². The van der Waals surface area contributed by atoms with Crippen molar-refractivity contribution < 1.29 is 22.5 Å². The molecule has 0 bridgehead atoms. The number of aromatic nitrogens is 2. The lowest BCUT2D eigenvalue weighted by Crippen LogP contribution is -2.40. The molecule has 2 aromatic heterocycles. The van der Waals surface area contributed by atoms with E-state index in [1.807, 2.05) is 32.0 Å². The van der Waals surface area contributed by atoms with E-state index in [0.29, 0.717) is 48.7 Å². The van der Waals surface area contributed by atoms with Crippen molar-refractivity contribution in [2.45, 2.75) is 13.8 Å². The number of fused-ring (bicyclic) bond motifs is 3. The molecule has 4 aromatic rings. The predicted molar refractivity (Wildman–Crippen MR) is 121 cm³/mol. The Balaban J connectivity index is 1.73. The molecule has 0 N–H and O–H groups in total. The molecule has 1 saturated heterocycles. The maximum Gasteiger partial charge on any atom is 0.254 e. The maximum atomic E-state index is 13.0. The number of benzene rings is 2. The van der Waals surface area contributed by atoms with Crippen molar-refractivity contribution >= 4 is 37.7 Å². The lowest BCUT2D eigenvalue weighted by Gasteiger charge is -2.26. The third-order valence-corrected chi connectivity index (χ3v) is 6.98. The van der Waals surface area contributed by atoms with Gasteiger partial charge in [0.1, 0.15) is 5.76 Å². The first-order valence-electron chi connectivity index (χ1n) is 10.3. The van der Waals surface area contributed by atoms with Crippen molar-refractivity contribution in [3.8, 4) is 11.1 Å². The summed E-state index contributed by atoms with van der Waals surface area (Å²) in [5, 5.41) is 5.57. The van der Waals surface area contributed by atoms with Gasteiger partial charge in [0.15, 0.2) is 0 Å². The second-order valence-corrected chi connectivity index (χ2v) is 9.93. The molecule has 9 heteroatoms. The Morgan fingerprint density at radius 3 is 2.41 bits per heavy atom. The highest BCUT2D eigenvalue weighted by Crippen LogP contribution is 2.36. The molecule has 0 saturated carbocycles. The zero-order chi connectivity index (χ0) is 22.6. The van der Waals surface area contributed by atoms with Crippen LogP contribution in [-0.4, -0.2) is 60.9 Å². The van der Waals surface area contributed by atoms with Crippen LogP contribution in [0.2, 0.25) is 0 Å². The summed E-state index contributed by atoms with van der Waals surface area (Å²) < 4.78 is 37.5. The molecule has 166 valence electrons. The van der Waals surface area contributed by atoms with Gasteiger partial charge in [-0.1, -0.05) is 17.3 Å². The molecule has 1 fully saturated rings. The monoisotopic (exact) mass is 453 g/mol. The topological polar surface area (TPSA) is 94.6 Å². The molecule has 1 aliphatic rings. The van der Waals surface area contributed by atoms with Gasteiger partial charge in [0, 0.05) is 35.0 Å². The first kappa shape index (κ1) is 20.7. The molecule has 3 heterocycles. The Kier molecular flexibility index (Phi) is 4.83. The molecular weight excluding hydrogens is 430 g/mol. The third kappa shape index (κ3) is 3.28. The Morgan fingerprint density at radius 2 is 1.75 bits per heavy atom. The Bertz CT molecular complexity index is 1460. The fraction of sp³-hybridized carbons (Fsp3) is 0.304. The number of carbonyl (C=O) groups is 1. The van der Waals surface area contributed by atoms with E-state index in [9.17, 15) is 13.2 Å². The molecule has 32 heavy (non-hydrogen) atoms. The van der Waals surface area contributed by atoms with Gasteiger partial charge in [0.2, 0.25) is 10.0 Å². The zero-order valence-electron chi connectivity index (χ0n) is 18.1. The van der Waals surface area contributed by atoms with Crippen molar-refractivity contribution in [3.63, 3.8) is 0 Å². The van der Waals surface area contributed by atoms with Crippen LogP contribution < -0.4 is 0 Å².